The second-order valence-electron chi connectivity index (χ2n) is 4.87. The van der Waals surface area contributed by atoms with Gasteiger partial charge in [-0.2, -0.15) is 0 Å². The number of amides is 1. The number of nitrogens with two attached hydrogens (primary N) is 1. The number of rotatable bonds is 4. The summed E-state index contributed by atoms with van der Waals surface area (Å²) in [6, 6.07) is 3.65. The van der Waals surface area contributed by atoms with E-state index in [1.165, 1.54) is 0 Å². The lowest BCUT2D eigenvalue weighted by atomic mass is 10.0. The van der Waals surface area contributed by atoms with Crippen molar-refractivity contribution in [3.05, 3.63) is 27.7 Å². The van der Waals surface area contributed by atoms with Crippen LogP contribution in [0.2, 0.25) is 0 Å². The molecular weight excluding hydrogens is 292 g/mol. The first kappa shape index (κ1) is 15.0. The van der Waals surface area contributed by atoms with Crippen LogP contribution in [0, 0.1) is 12.8 Å². The van der Waals surface area contributed by atoms with E-state index in [4.69, 9.17) is 5.73 Å². The summed E-state index contributed by atoms with van der Waals surface area (Å²) in [5, 5.41) is 0. The molecule has 1 aromatic rings. The third kappa shape index (κ3) is 3.48. The molecule has 0 heterocycles. The van der Waals surface area contributed by atoms with Crippen molar-refractivity contribution in [1.29, 1.82) is 0 Å². The van der Waals surface area contributed by atoms with Crippen LogP contribution < -0.4 is 5.73 Å². The minimum Gasteiger partial charge on any atom is -0.398 e. The van der Waals surface area contributed by atoms with Crippen molar-refractivity contribution in [2.75, 3.05) is 19.3 Å². The molecule has 0 saturated heterocycles. The summed E-state index contributed by atoms with van der Waals surface area (Å²) in [4.78, 5) is 14.1. The highest BCUT2D eigenvalue weighted by molar-refractivity contribution is 9.10. The maximum atomic E-state index is 12.4. The Balaban J connectivity index is 2.97. The topological polar surface area (TPSA) is 46.3 Å². The summed E-state index contributed by atoms with van der Waals surface area (Å²) >= 11 is 3.38. The maximum absolute atomic E-state index is 12.4. The molecule has 0 fully saturated rings. The number of hydrogen-bond donors (Lipinski definition) is 1. The smallest absolute Gasteiger partial charge is 0.253 e. The van der Waals surface area contributed by atoms with Gasteiger partial charge >= 0.3 is 0 Å². The van der Waals surface area contributed by atoms with Crippen LogP contribution in [-0.2, 0) is 0 Å². The van der Waals surface area contributed by atoms with Crippen molar-refractivity contribution < 1.29 is 4.79 Å². The number of hydrogen-bond acceptors (Lipinski definition) is 2. The van der Waals surface area contributed by atoms with Gasteiger partial charge in [0.1, 0.15) is 0 Å². The highest BCUT2D eigenvalue weighted by atomic mass is 79.9. The molecule has 1 rings (SSSR count). The molecule has 1 unspecified atom stereocenters. The van der Waals surface area contributed by atoms with Crippen LogP contribution in [-0.4, -0.2) is 24.4 Å². The fourth-order valence-corrected chi connectivity index (χ4v) is 2.28. The predicted octanol–water partition coefficient (Wildman–Crippen LogP) is 3.46. The Morgan fingerprint density at radius 2 is 2.11 bits per heavy atom. The van der Waals surface area contributed by atoms with Crippen molar-refractivity contribution in [2.45, 2.75) is 27.2 Å². The summed E-state index contributed by atoms with van der Waals surface area (Å²) in [5.74, 6) is 0.532. The fraction of sp³-hybridized carbons (Fsp3) is 0.500. The molecule has 0 aliphatic carbocycles. The van der Waals surface area contributed by atoms with Crippen molar-refractivity contribution in [3.63, 3.8) is 0 Å². The molecule has 0 bridgehead atoms. The summed E-state index contributed by atoms with van der Waals surface area (Å²) < 4.78 is 0.839. The lowest BCUT2D eigenvalue weighted by molar-refractivity contribution is 0.0774. The zero-order valence-corrected chi connectivity index (χ0v) is 13.0. The molecule has 2 N–H and O–H groups in total. The highest BCUT2D eigenvalue weighted by Crippen LogP contribution is 2.24. The second kappa shape index (κ2) is 6.23. The third-order valence-electron chi connectivity index (χ3n) is 3.27. The summed E-state index contributed by atoms with van der Waals surface area (Å²) in [5.41, 5.74) is 8.05. The van der Waals surface area contributed by atoms with Crippen LogP contribution >= 0.6 is 15.9 Å². The molecule has 0 aliphatic rings. The molecule has 4 heteroatoms. The van der Waals surface area contributed by atoms with E-state index in [1.54, 1.807) is 4.90 Å². The number of carbonyl (C=O) groups is 1. The largest absolute Gasteiger partial charge is 0.398 e. The lowest BCUT2D eigenvalue weighted by Gasteiger charge is -2.22. The Morgan fingerprint density at radius 1 is 1.50 bits per heavy atom. The number of benzene rings is 1. The normalized spacial score (nSPS) is 12.3. The fourth-order valence-electron chi connectivity index (χ4n) is 1.81. The van der Waals surface area contributed by atoms with Gasteiger partial charge in [0.15, 0.2) is 0 Å². The number of anilines is 1. The van der Waals surface area contributed by atoms with Gasteiger partial charge in [0.05, 0.1) is 0 Å². The lowest BCUT2D eigenvalue weighted by Crippen LogP contribution is -2.31. The van der Waals surface area contributed by atoms with Crippen LogP contribution in [0.25, 0.3) is 0 Å². The average molecular weight is 313 g/mol. The van der Waals surface area contributed by atoms with Crippen LogP contribution in [0.3, 0.4) is 0 Å². The third-order valence-corrected chi connectivity index (χ3v) is 3.73. The Morgan fingerprint density at radius 3 is 2.67 bits per heavy atom. The molecular formula is C14H21BrN2O. The number of halogens is 1. The Labute approximate surface area is 117 Å². The maximum Gasteiger partial charge on any atom is 0.253 e. The minimum absolute atomic E-state index is 0.0285. The number of carbonyl (C=O) groups excluding carboxylic acids is 1. The van der Waals surface area contributed by atoms with Gasteiger partial charge in [0.25, 0.3) is 5.91 Å². The van der Waals surface area contributed by atoms with E-state index in [0.29, 0.717) is 17.2 Å². The zero-order chi connectivity index (χ0) is 13.9. The molecule has 3 nitrogen and oxygen atoms in total. The first-order valence-electron chi connectivity index (χ1n) is 6.17. The first-order chi connectivity index (χ1) is 8.36. The van der Waals surface area contributed by atoms with E-state index in [0.717, 1.165) is 23.0 Å². The molecule has 0 saturated carbocycles. The Hall–Kier alpha value is -1.03. The van der Waals surface area contributed by atoms with Crippen LogP contribution in [0.4, 0.5) is 5.69 Å². The summed E-state index contributed by atoms with van der Waals surface area (Å²) in [7, 11) is 1.84. The molecule has 0 aliphatic heterocycles. The quantitative estimate of drug-likeness (QED) is 0.865. The second-order valence-corrected chi connectivity index (χ2v) is 5.78. The number of nitrogens with zero attached hydrogens (tertiary/aromatic N) is 1. The van der Waals surface area contributed by atoms with Gasteiger partial charge in [-0.1, -0.05) is 36.2 Å². The van der Waals surface area contributed by atoms with Gasteiger partial charge in [-0.15, -0.1) is 0 Å². The Kier molecular flexibility index (Phi) is 5.20. The van der Waals surface area contributed by atoms with Crippen LogP contribution in [0.15, 0.2) is 16.6 Å². The molecule has 1 aromatic carbocycles. The molecule has 0 aromatic heterocycles. The summed E-state index contributed by atoms with van der Waals surface area (Å²) in [6.07, 6.45) is 1.07. The van der Waals surface area contributed by atoms with Crippen LogP contribution in [0.5, 0.6) is 0 Å². The first-order valence-corrected chi connectivity index (χ1v) is 6.97. The van der Waals surface area contributed by atoms with E-state index >= 15 is 0 Å². The van der Waals surface area contributed by atoms with E-state index in [1.807, 2.05) is 26.1 Å². The molecule has 0 spiro atoms. The standard InChI is InChI=1S/C14H21BrN2O/c1-5-9(2)8-17(4)14(18)12-6-11(15)7-13(16)10(12)3/h6-7,9H,5,8,16H2,1-4H3. The van der Waals surface area contributed by atoms with Gasteiger partial charge < -0.3 is 10.6 Å². The van der Waals surface area contributed by atoms with Gasteiger partial charge in [-0.3, -0.25) is 4.79 Å². The van der Waals surface area contributed by atoms with Gasteiger partial charge in [-0.05, 0) is 30.5 Å². The van der Waals surface area contributed by atoms with Gasteiger partial charge in [0.2, 0.25) is 0 Å². The van der Waals surface area contributed by atoms with Crippen molar-refractivity contribution in [1.82, 2.24) is 4.90 Å². The van der Waals surface area contributed by atoms with E-state index < -0.39 is 0 Å². The van der Waals surface area contributed by atoms with Gasteiger partial charge in [-0.25, -0.2) is 0 Å². The molecule has 100 valence electrons. The van der Waals surface area contributed by atoms with Crippen LogP contribution in [0.1, 0.15) is 36.2 Å². The summed E-state index contributed by atoms with van der Waals surface area (Å²) in [6.45, 7) is 6.92. The monoisotopic (exact) mass is 312 g/mol. The highest BCUT2D eigenvalue weighted by Gasteiger charge is 2.17. The zero-order valence-electron chi connectivity index (χ0n) is 11.5. The van der Waals surface area contributed by atoms with Gasteiger partial charge in [0, 0.05) is 29.3 Å². The average Bonchev–Trinajstić information content (AvgIpc) is 2.32. The SMILES string of the molecule is CCC(C)CN(C)C(=O)c1cc(Br)cc(N)c1C. The molecule has 18 heavy (non-hydrogen) atoms. The van der Waals surface area contributed by atoms with E-state index in [2.05, 4.69) is 29.8 Å². The van der Waals surface area contributed by atoms with Crippen molar-refractivity contribution >= 4 is 27.5 Å². The van der Waals surface area contributed by atoms with Crippen molar-refractivity contribution in [3.8, 4) is 0 Å². The van der Waals surface area contributed by atoms with E-state index in [-0.39, 0.29) is 5.91 Å². The van der Waals surface area contributed by atoms with Crippen molar-refractivity contribution in [2.24, 2.45) is 5.92 Å². The van der Waals surface area contributed by atoms with E-state index in [9.17, 15) is 4.79 Å². The number of nitrogen functional groups attached to an aromatic ring is 1. The predicted molar refractivity (Wildman–Crippen MR) is 79.7 cm³/mol. The molecule has 1 atom stereocenters. The molecule has 0 radical (unpaired) electrons. The minimum atomic E-state index is 0.0285. The molecule has 1 amide bonds. The Bertz CT molecular complexity index is 446.